The van der Waals surface area contributed by atoms with Crippen molar-refractivity contribution in [2.75, 3.05) is 10.9 Å². The molecule has 3 atom stereocenters. The first-order valence-electron chi connectivity index (χ1n) is 15.3. The number of fused-ring (bicyclic) bond motifs is 2. The van der Waals surface area contributed by atoms with E-state index < -0.39 is 17.3 Å². The van der Waals surface area contributed by atoms with Crippen molar-refractivity contribution in [3.63, 3.8) is 0 Å². The highest BCUT2D eigenvalue weighted by molar-refractivity contribution is 7.80. The second kappa shape index (κ2) is 13.5. The van der Waals surface area contributed by atoms with Gasteiger partial charge in [0.1, 0.15) is 5.75 Å². The monoisotopic (exact) mass is 613 g/mol. The van der Waals surface area contributed by atoms with Crippen LogP contribution in [0.1, 0.15) is 76.2 Å². The summed E-state index contributed by atoms with van der Waals surface area (Å²) in [5.41, 5.74) is 3.49. The lowest BCUT2D eigenvalue weighted by atomic mass is 9.96. The maximum Gasteiger partial charge on any atom is 0.262 e. The molecule has 0 radical (unpaired) electrons. The van der Waals surface area contributed by atoms with E-state index in [4.69, 9.17) is 4.74 Å². The van der Waals surface area contributed by atoms with Crippen LogP contribution in [-0.2, 0) is 22.6 Å². The smallest absolute Gasteiger partial charge is 0.262 e. The van der Waals surface area contributed by atoms with E-state index in [2.05, 4.69) is 63.0 Å². The number of hydrogen-bond acceptors (Lipinski definition) is 4. The Morgan fingerprint density at radius 2 is 1.68 bits per heavy atom. The van der Waals surface area contributed by atoms with E-state index in [9.17, 15) is 13.6 Å². The zero-order chi connectivity index (χ0) is 31.4. The summed E-state index contributed by atoms with van der Waals surface area (Å²) in [6, 6.07) is 28.8. The number of amides is 1. The standard InChI is InChI=1S/C36H43N3O4S/c1-25(2)38(36(3,4)5)24-26-15-18-31-32(19-20-43-34(31)21-26)37-35(40)23-33(28-12-7-6-8-13-28)39(44(41)42)30-17-16-27-11-9-10-14-29(27)22-30/h6-18,21-22,25,32-33H,19-20,23-24H2,1-5H3,(H,37,40)(H,41,42). The van der Waals surface area contributed by atoms with Gasteiger partial charge in [0, 0.05) is 30.1 Å². The summed E-state index contributed by atoms with van der Waals surface area (Å²) in [4.78, 5) is 16.2. The van der Waals surface area contributed by atoms with Gasteiger partial charge in [-0.1, -0.05) is 72.8 Å². The number of anilines is 1. The Morgan fingerprint density at radius 1 is 0.977 bits per heavy atom. The lowest BCUT2D eigenvalue weighted by Gasteiger charge is -2.39. The van der Waals surface area contributed by atoms with Crippen molar-refractivity contribution >= 4 is 33.6 Å². The van der Waals surface area contributed by atoms with E-state index in [1.54, 1.807) is 0 Å². The molecule has 0 fully saturated rings. The van der Waals surface area contributed by atoms with Crippen LogP contribution in [0.25, 0.3) is 10.8 Å². The molecule has 0 aliphatic carbocycles. The molecule has 0 saturated carbocycles. The van der Waals surface area contributed by atoms with Gasteiger partial charge in [-0.3, -0.25) is 18.6 Å². The third-order valence-corrected chi connectivity index (χ3v) is 9.09. The van der Waals surface area contributed by atoms with Crippen LogP contribution in [-0.4, -0.2) is 37.8 Å². The average molecular weight is 614 g/mol. The SMILES string of the molecule is CC(C)N(Cc1ccc2c(c1)OCCC2NC(=O)CC(c1ccccc1)N(c1ccc2ccccc2c1)S(=O)O)C(C)(C)C. The second-order valence-electron chi connectivity index (χ2n) is 12.7. The maximum absolute atomic E-state index is 13.7. The summed E-state index contributed by atoms with van der Waals surface area (Å²) < 4.78 is 30.9. The molecule has 1 amide bonds. The molecule has 0 bridgehead atoms. The van der Waals surface area contributed by atoms with Crippen LogP contribution in [0, 0.1) is 0 Å². The fraction of sp³-hybridized carbons (Fsp3) is 0.361. The fourth-order valence-corrected chi connectivity index (χ4v) is 6.91. The highest BCUT2D eigenvalue weighted by Crippen LogP contribution is 2.36. The van der Waals surface area contributed by atoms with Crippen LogP contribution in [0.15, 0.2) is 91.0 Å². The molecule has 7 nitrogen and oxygen atoms in total. The molecular weight excluding hydrogens is 570 g/mol. The minimum absolute atomic E-state index is 0.00282. The van der Waals surface area contributed by atoms with Crippen LogP contribution >= 0.6 is 0 Å². The lowest BCUT2D eigenvalue weighted by Crippen LogP contribution is -2.45. The number of benzene rings is 4. The van der Waals surface area contributed by atoms with E-state index in [0.29, 0.717) is 24.8 Å². The Hall–Kier alpha value is -3.72. The molecule has 1 heterocycles. The predicted molar refractivity (Wildman–Crippen MR) is 179 cm³/mol. The number of carbonyl (C=O) groups is 1. The molecule has 4 aromatic carbocycles. The summed E-state index contributed by atoms with van der Waals surface area (Å²) in [6.07, 6.45) is 0.650. The molecule has 8 heteroatoms. The topological polar surface area (TPSA) is 82.1 Å². The number of ether oxygens (including phenoxy) is 1. The maximum atomic E-state index is 13.7. The quantitative estimate of drug-likeness (QED) is 0.180. The van der Waals surface area contributed by atoms with Gasteiger partial charge in [0.2, 0.25) is 5.91 Å². The summed E-state index contributed by atoms with van der Waals surface area (Å²) in [7, 11) is 0. The largest absolute Gasteiger partial charge is 0.493 e. The van der Waals surface area contributed by atoms with Crippen molar-refractivity contribution in [2.45, 2.75) is 77.7 Å². The Balaban J connectivity index is 1.38. The van der Waals surface area contributed by atoms with E-state index in [-0.39, 0.29) is 23.9 Å². The highest BCUT2D eigenvalue weighted by atomic mass is 32.2. The number of nitrogens with zero attached hydrogens (tertiary/aromatic N) is 2. The first-order valence-corrected chi connectivity index (χ1v) is 16.3. The van der Waals surface area contributed by atoms with Crippen molar-refractivity contribution in [1.29, 1.82) is 0 Å². The highest BCUT2D eigenvalue weighted by Gasteiger charge is 2.31. The van der Waals surface area contributed by atoms with E-state index in [1.807, 2.05) is 72.8 Å². The third kappa shape index (κ3) is 7.32. The van der Waals surface area contributed by atoms with Crippen LogP contribution in [0.4, 0.5) is 5.69 Å². The molecule has 44 heavy (non-hydrogen) atoms. The summed E-state index contributed by atoms with van der Waals surface area (Å²) in [6.45, 7) is 12.4. The van der Waals surface area contributed by atoms with Gasteiger partial charge in [-0.15, -0.1) is 0 Å². The summed E-state index contributed by atoms with van der Waals surface area (Å²) in [5.74, 6) is 0.598. The predicted octanol–water partition coefficient (Wildman–Crippen LogP) is 7.56. The van der Waals surface area contributed by atoms with Gasteiger partial charge >= 0.3 is 0 Å². The molecule has 4 aromatic rings. The molecule has 0 spiro atoms. The van der Waals surface area contributed by atoms with Crippen LogP contribution in [0.3, 0.4) is 0 Å². The Morgan fingerprint density at radius 3 is 2.36 bits per heavy atom. The molecule has 232 valence electrons. The van der Waals surface area contributed by atoms with Gasteiger partial charge in [0.05, 0.1) is 30.8 Å². The van der Waals surface area contributed by atoms with Gasteiger partial charge in [0.25, 0.3) is 11.3 Å². The first-order chi connectivity index (χ1) is 21.0. The van der Waals surface area contributed by atoms with Gasteiger partial charge in [-0.2, -0.15) is 0 Å². The molecular formula is C36H43N3O4S. The summed E-state index contributed by atoms with van der Waals surface area (Å²) >= 11 is -2.38. The minimum Gasteiger partial charge on any atom is -0.493 e. The van der Waals surface area contributed by atoms with Gasteiger partial charge < -0.3 is 10.1 Å². The van der Waals surface area contributed by atoms with Gasteiger partial charge in [0.15, 0.2) is 0 Å². The first kappa shape index (κ1) is 31.7. The van der Waals surface area contributed by atoms with Crippen LogP contribution in [0.5, 0.6) is 5.75 Å². The molecule has 0 saturated heterocycles. The molecule has 3 unspecified atom stereocenters. The van der Waals surface area contributed by atoms with Crippen LogP contribution < -0.4 is 14.4 Å². The minimum atomic E-state index is -2.38. The molecule has 1 aliphatic heterocycles. The van der Waals surface area contributed by atoms with Crippen molar-refractivity contribution in [1.82, 2.24) is 10.2 Å². The lowest BCUT2D eigenvalue weighted by molar-refractivity contribution is -0.122. The van der Waals surface area contributed by atoms with Crippen LogP contribution in [0.2, 0.25) is 0 Å². The third-order valence-electron chi connectivity index (χ3n) is 8.29. The normalized spacial score (nSPS) is 16.3. The molecule has 0 aromatic heterocycles. The number of nitrogens with one attached hydrogen (secondary N) is 1. The Bertz CT molecular complexity index is 1620. The van der Waals surface area contributed by atoms with Crippen molar-refractivity contribution < 1.29 is 18.3 Å². The number of hydrogen-bond donors (Lipinski definition) is 2. The second-order valence-corrected chi connectivity index (χ2v) is 13.6. The zero-order valence-corrected chi connectivity index (χ0v) is 27.0. The average Bonchev–Trinajstić information content (AvgIpc) is 2.99. The van der Waals surface area contributed by atoms with Gasteiger partial charge in [-0.25, -0.2) is 4.21 Å². The Kier molecular flexibility index (Phi) is 9.73. The van der Waals surface area contributed by atoms with E-state index in [0.717, 1.165) is 34.2 Å². The Labute approximate surface area is 263 Å². The summed E-state index contributed by atoms with van der Waals surface area (Å²) in [5, 5.41) is 5.20. The van der Waals surface area contributed by atoms with Crippen molar-refractivity contribution in [2.24, 2.45) is 0 Å². The zero-order valence-electron chi connectivity index (χ0n) is 26.2. The molecule has 5 rings (SSSR count). The number of rotatable bonds is 10. The van der Waals surface area contributed by atoms with E-state index >= 15 is 0 Å². The number of carbonyl (C=O) groups excluding carboxylic acids is 1. The molecule has 1 aliphatic rings. The van der Waals surface area contributed by atoms with Crippen molar-refractivity contribution in [3.05, 3.63) is 108 Å². The van der Waals surface area contributed by atoms with E-state index in [1.165, 1.54) is 9.87 Å². The van der Waals surface area contributed by atoms with Gasteiger partial charge in [-0.05, 0) is 74.7 Å². The molecule has 2 N–H and O–H groups in total. The fourth-order valence-electron chi connectivity index (χ4n) is 6.21. The van der Waals surface area contributed by atoms with Crippen molar-refractivity contribution in [3.8, 4) is 5.75 Å².